The Morgan fingerprint density at radius 3 is 2.89 bits per heavy atom. The highest BCUT2D eigenvalue weighted by Gasteiger charge is 2.18. The molecule has 0 aromatic carbocycles. The molecule has 0 spiro atoms. The van der Waals surface area contributed by atoms with Crippen molar-refractivity contribution in [3.05, 3.63) is 16.1 Å². The smallest absolute Gasteiger partial charge is 0.0926 e. The van der Waals surface area contributed by atoms with E-state index < -0.39 is 0 Å². The highest BCUT2D eigenvalue weighted by atomic mass is 32.1. The zero-order valence-electron chi connectivity index (χ0n) is 11.6. The fraction of sp³-hybridized carbons (Fsp3) is 0.786. The first-order chi connectivity index (χ1) is 8.79. The summed E-state index contributed by atoms with van der Waals surface area (Å²) in [6, 6.07) is 0.831. The lowest BCUT2D eigenvalue weighted by Crippen LogP contribution is -2.35. The third-order valence-electron chi connectivity index (χ3n) is 3.80. The summed E-state index contributed by atoms with van der Waals surface area (Å²) in [6.07, 6.45) is 6.67. The highest BCUT2D eigenvalue weighted by molar-refractivity contribution is 7.09. The summed E-state index contributed by atoms with van der Waals surface area (Å²) in [5.41, 5.74) is 1.19. The normalized spacial score (nSPS) is 16.8. The van der Waals surface area contributed by atoms with Crippen molar-refractivity contribution in [1.82, 2.24) is 15.2 Å². The predicted molar refractivity (Wildman–Crippen MR) is 78.1 cm³/mol. The zero-order chi connectivity index (χ0) is 12.8. The van der Waals surface area contributed by atoms with Crippen LogP contribution in [0.1, 0.15) is 43.3 Å². The summed E-state index contributed by atoms with van der Waals surface area (Å²) in [4.78, 5) is 7.08. The van der Waals surface area contributed by atoms with E-state index >= 15 is 0 Å². The maximum absolute atomic E-state index is 4.57. The summed E-state index contributed by atoms with van der Waals surface area (Å²) >= 11 is 1.77. The minimum atomic E-state index is 0.831. The molecular weight excluding hydrogens is 242 g/mol. The minimum Gasteiger partial charge on any atom is -0.310 e. The van der Waals surface area contributed by atoms with Gasteiger partial charge in [0.1, 0.15) is 0 Å². The van der Waals surface area contributed by atoms with Gasteiger partial charge in [-0.05, 0) is 26.3 Å². The van der Waals surface area contributed by atoms with E-state index in [0.717, 1.165) is 32.1 Å². The van der Waals surface area contributed by atoms with Crippen LogP contribution >= 0.6 is 11.3 Å². The number of nitrogens with zero attached hydrogens (tertiary/aromatic N) is 2. The molecule has 1 fully saturated rings. The van der Waals surface area contributed by atoms with Crippen molar-refractivity contribution in [1.29, 1.82) is 0 Å². The van der Waals surface area contributed by atoms with Crippen LogP contribution in [0.2, 0.25) is 0 Å². The van der Waals surface area contributed by atoms with Crippen LogP contribution in [-0.4, -0.2) is 36.1 Å². The molecule has 1 aromatic rings. The van der Waals surface area contributed by atoms with Gasteiger partial charge in [0.15, 0.2) is 0 Å². The first-order valence-electron chi connectivity index (χ1n) is 7.14. The Labute approximate surface area is 115 Å². The number of nitrogens with one attached hydrogen (secondary N) is 1. The molecule has 1 aliphatic carbocycles. The molecule has 0 bridgehead atoms. The molecule has 0 atom stereocenters. The van der Waals surface area contributed by atoms with Gasteiger partial charge in [-0.25, -0.2) is 4.98 Å². The van der Waals surface area contributed by atoms with E-state index in [1.165, 1.54) is 36.4 Å². The average Bonchev–Trinajstić information content (AvgIpc) is 3.05. The maximum Gasteiger partial charge on any atom is 0.0926 e. The van der Waals surface area contributed by atoms with Gasteiger partial charge >= 0.3 is 0 Å². The Balaban J connectivity index is 1.60. The highest BCUT2D eigenvalue weighted by Crippen LogP contribution is 2.21. The zero-order valence-corrected chi connectivity index (χ0v) is 12.4. The van der Waals surface area contributed by atoms with Gasteiger partial charge in [-0.3, -0.25) is 0 Å². The lowest BCUT2D eigenvalue weighted by molar-refractivity contribution is 0.245. The molecule has 0 saturated heterocycles. The number of hydrogen-bond acceptors (Lipinski definition) is 4. The van der Waals surface area contributed by atoms with Gasteiger partial charge in [-0.2, -0.15) is 0 Å². The molecule has 0 amide bonds. The molecular formula is C14H25N3S. The topological polar surface area (TPSA) is 28.2 Å². The monoisotopic (exact) mass is 267 g/mol. The average molecular weight is 267 g/mol. The molecule has 3 nitrogen and oxygen atoms in total. The SMILES string of the molecule is CCc1nc(CNCCN(C)C2CCCC2)cs1. The van der Waals surface area contributed by atoms with E-state index in [1.807, 2.05) is 0 Å². The van der Waals surface area contributed by atoms with Crippen LogP contribution in [0.25, 0.3) is 0 Å². The van der Waals surface area contributed by atoms with Gasteiger partial charge in [0.25, 0.3) is 0 Å². The first kappa shape index (κ1) is 14.0. The second-order valence-electron chi connectivity index (χ2n) is 5.18. The molecule has 1 aliphatic rings. The van der Waals surface area contributed by atoms with E-state index in [-0.39, 0.29) is 0 Å². The minimum absolute atomic E-state index is 0.831. The summed E-state index contributed by atoms with van der Waals surface area (Å²) < 4.78 is 0. The van der Waals surface area contributed by atoms with Gasteiger partial charge in [0.05, 0.1) is 10.7 Å². The Morgan fingerprint density at radius 2 is 2.22 bits per heavy atom. The molecule has 1 aromatic heterocycles. The Bertz CT molecular complexity index is 345. The second-order valence-corrected chi connectivity index (χ2v) is 6.12. The molecule has 1 N–H and O–H groups in total. The third kappa shape index (κ3) is 4.04. The van der Waals surface area contributed by atoms with Crippen LogP contribution < -0.4 is 5.32 Å². The summed E-state index contributed by atoms with van der Waals surface area (Å²) in [6.45, 7) is 5.28. The Morgan fingerprint density at radius 1 is 1.44 bits per heavy atom. The van der Waals surface area contributed by atoms with Gasteiger partial charge < -0.3 is 10.2 Å². The number of likely N-dealkylation sites (N-methyl/N-ethyl adjacent to an activating group) is 1. The van der Waals surface area contributed by atoms with E-state index in [9.17, 15) is 0 Å². The van der Waals surface area contributed by atoms with Crippen molar-refractivity contribution < 1.29 is 0 Å². The lowest BCUT2D eigenvalue weighted by atomic mass is 10.2. The molecule has 0 radical (unpaired) electrons. The molecule has 1 saturated carbocycles. The number of rotatable bonds is 7. The van der Waals surface area contributed by atoms with Gasteiger partial charge in [0, 0.05) is 31.1 Å². The molecule has 4 heteroatoms. The van der Waals surface area contributed by atoms with Gasteiger partial charge in [-0.15, -0.1) is 11.3 Å². The Kier molecular flexibility index (Phi) is 5.60. The van der Waals surface area contributed by atoms with E-state index in [0.29, 0.717) is 0 Å². The summed E-state index contributed by atoms with van der Waals surface area (Å²) in [5, 5.41) is 6.91. The number of thiazole rings is 1. The van der Waals surface area contributed by atoms with Crippen molar-refractivity contribution >= 4 is 11.3 Å². The van der Waals surface area contributed by atoms with Crippen molar-refractivity contribution in [3.8, 4) is 0 Å². The maximum atomic E-state index is 4.57. The third-order valence-corrected chi connectivity index (χ3v) is 4.84. The van der Waals surface area contributed by atoms with Crippen molar-refractivity contribution in [2.75, 3.05) is 20.1 Å². The molecule has 2 rings (SSSR count). The standard InChI is InChI=1S/C14H25N3S/c1-3-14-16-12(11-18-14)10-15-8-9-17(2)13-6-4-5-7-13/h11,13,15H,3-10H2,1-2H3. The first-order valence-corrected chi connectivity index (χ1v) is 8.01. The summed E-state index contributed by atoms with van der Waals surface area (Å²) in [7, 11) is 2.26. The fourth-order valence-electron chi connectivity index (χ4n) is 2.59. The van der Waals surface area contributed by atoms with Crippen LogP contribution in [0.4, 0.5) is 0 Å². The van der Waals surface area contributed by atoms with Crippen molar-refractivity contribution in [2.24, 2.45) is 0 Å². The van der Waals surface area contributed by atoms with Crippen LogP contribution in [0, 0.1) is 0 Å². The second kappa shape index (κ2) is 7.22. The van der Waals surface area contributed by atoms with E-state index in [2.05, 4.69) is 34.6 Å². The number of aryl methyl sites for hydroxylation is 1. The quantitative estimate of drug-likeness (QED) is 0.770. The number of hydrogen-bond donors (Lipinski definition) is 1. The summed E-state index contributed by atoms with van der Waals surface area (Å²) in [5.74, 6) is 0. The molecule has 0 aliphatic heterocycles. The van der Waals surface area contributed by atoms with Crippen LogP contribution in [0.15, 0.2) is 5.38 Å². The molecule has 1 heterocycles. The van der Waals surface area contributed by atoms with E-state index in [1.54, 1.807) is 11.3 Å². The van der Waals surface area contributed by atoms with Crippen molar-refractivity contribution in [2.45, 2.75) is 51.6 Å². The van der Waals surface area contributed by atoms with Gasteiger partial charge in [0.2, 0.25) is 0 Å². The molecule has 102 valence electrons. The van der Waals surface area contributed by atoms with Gasteiger partial charge in [-0.1, -0.05) is 19.8 Å². The van der Waals surface area contributed by atoms with Crippen LogP contribution in [0.3, 0.4) is 0 Å². The predicted octanol–water partition coefficient (Wildman–Crippen LogP) is 2.67. The lowest BCUT2D eigenvalue weighted by Gasteiger charge is -2.23. The van der Waals surface area contributed by atoms with E-state index in [4.69, 9.17) is 0 Å². The van der Waals surface area contributed by atoms with Crippen molar-refractivity contribution in [3.63, 3.8) is 0 Å². The molecule has 0 unspecified atom stereocenters. The molecule has 18 heavy (non-hydrogen) atoms. The van der Waals surface area contributed by atoms with Crippen LogP contribution in [0.5, 0.6) is 0 Å². The number of aromatic nitrogens is 1. The Hall–Kier alpha value is -0.450. The van der Waals surface area contributed by atoms with Crippen LogP contribution in [-0.2, 0) is 13.0 Å². The largest absolute Gasteiger partial charge is 0.310 e. The fourth-order valence-corrected chi connectivity index (χ4v) is 3.34.